The van der Waals surface area contributed by atoms with Gasteiger partial charge in [-0.25, -0.2) is 9.97 Å². The zero-order valence-electron chi connectivity index (χ0n) is 14.4. The van der Waals surface area contributed by atoms with Gasteiger partial charge < -0.3 is 9.88 Å². The number of rotatable bonds is 3. The molecular formula is C19H19N5O. The molecule has 6 nitrogen and oxygen atoms in total. The van der Waals surface area contributed by atoms with Crippen molar-refractivity contribution in [2.45, 2.75) is 27.3 Å². The first-order chi connectivity index (χ1) is 12.1. The predicted octanol–water partition coefficient (Wildman–Crippen LogP) is 3.57. The Bertz CT molecular complexity index is 1110. The highest BCUT2D eigenvalue weighted by atomic mass is 16.2. The maximum Gasteiger partial charge on any atom is 0.274 e. The van der Waals surface area contributed by atoms with E-state index in [2.05, 4.69) is 39.8 Å². The summed E-state index contributed by atoms with van der Waals surface area (Å²) < 4.78 is 3.96. The zero-order chi connectivity index (χ0) is 17.6. The molecule has 0 aliphatic carbocycles. The van der Waals surface area contributed by atoms with Crippen molar-refractivity contribution in [3.8, 4) is 0 Å². The van der Waals surface area contributed by atoms with Gasteiger partial charge in [-0.2, -0.15) is 0 Å². The van der Waals surface area contributed by atoms with Crippen LogP contribution in [0.1, 0.15) is 28.8 Å². The highest BCUT2D eigenvalue weighted by Crippen LogP contribution is 2.24. The summed E-state index contributed by atoms with van der Waals surface area (Å²) in [7, 11) is 0. The number of carbonyl (C=O) groups is 1. The Kier molecular flexibility index (Phi) is 3.53. The number of benzene rings is 1. The number of hydrogen-bond donors (Lipinski definition) is 1. The Morgan fingerprint density at radius 3 is 2.88 bits per heavy atom. The Labute approximate surface area is 145 Å². The first-order valence-corrected chi connectivity index (χ1v) is 8.29. The van der Waals surface area contributed by atoms with Crippen molar-refractivity contribution in [2.75, 3.05) is 5.32 Å². The summed E-state index contributed by atoms with van der Waals surface area (Å²) in [6.07, 6.45) is 3.46. The number of amides is 1. The Morgan fingerprint density at radius 1 is 1.24 bits per heavy atom. The number of fused-ring (bicyclic) bond motifs is 2. The number of imidazole rings is 1. The third-order valence-electron chi connectivity index (χ3n) is 4.48. The van der Waals surface area contributed by atoms with Gasteiger partial charge in [0.05, 0.1) is 5.69 Å². The van der Waals surface area contributed by atoms with Crippen molar-refractivity contribution < 1.29 is 4.79 Å². The van der Waals surface area contributed by atoms with E-state index < -0.39 is 0 Å². The fraction of sp³-hybridized carbons (Fsp3) is 0.211. The lowest BCUT2D eigenvalue weighted by Crippen LogP contribution is -2.15. The van der Waals surface area contributed by atoms with Crippen molar-refractivity contribution in [1.82, 2.24) is 18.9 Å². The summed E-state index contributed by atoms with van der Waals surface area (Å²) in [5.41, 5.74) is 4.32. The van der Waals surface area contributed by atoms with E-state index in [-0.39, 0.29) is 5.91 Å². The number of hydrogen-bond acceptors (Lipinski definition) is 3. The lowest BCUT2D eigenvalue weighted by Gasteiger charge is -2.07. The average Bonchev–Trinajstić information content (AvgIpc) is 3.09. The molecule has 3 aromatic heterocycles. The minimum absolute atomic E-state index is 0.191. The molecule has 1 N–H and O–H groups in total. The van der Waals surface area contributed by atoms with Crippen LogP contribution >= 0.6 is 0 Å². The highest BCUT2D eigenvalue weighted by Gasteiger charge is 2.17. The van der Waals surface area contributed by atoms with E-state index in [0.717, 1.165) is 17.6 Å². The number of carbonyl (C=O) groups excluding carboxylic acids is 1. The second kappa shape index (κ2) is 5.73. The molecule has 0 unspecified atom stereocenters. The van der Waals surface area contributed by atoms with Crippen LogP contribution in [0.5, 0.6) is 0 Å². The van der Waals surface area contributed by atoms with Gasteiger partial charge in [0.15, 0.2) is 0 Å². The van der Waals surface area contributed by atoms with E-state index in [9.17, 15) is 4.79 Å². The van der Waals surface area contributed by atoms with Crippen LogP contribution in [0.3, 0.4) is 0 Å². The summed E-state index contributed by atoms with van der Waals surface area (Å²) in [5, 5.41) is 4.10. The highest BCUT2D eigenvalue weighted by molar-refractivity contribution is 6.05. The third kappa shape index (κ3) is 2.46. The lowest BCUT2D eigenvalue weighted by atomic mass is 10.2. The Hall–Kier alpha value is -3.15. The van der Waals surface area contributed by atoms with Gasteiger partial charge in [0.25, 0.3) is 5.91 Å². The molecule has 6 heteroatoms. The standard InChI is InChI=1S/C19H19N5O/c1-4-23-12(2)10-14-11-15(6-7-16(14)23)22-18(25)17-13(3)21-19-20-8-5-9-24(17)19/h5-11H,4H2,1-3H3,(H,22,25). The van der Waals surface area contributed by atoms with Crippen LogP contribution in [-0.2, 0) is 6.54 Å². The molecule has 4 rings (SSSR count). The SMILES string of the molecule is CCn1c(C)cc2cc(NC(=O)c3c(C)nc4ncccn34)ccc21. The summed E-state index contributed by atoms with van der Waals surface area (Å²) in [6.45, 7) is 6.97. The first kappa shape index (κ1) is 15.4. The molecular weight excluding hydrogens is 314 g/mol. The van der Waals surface area contributed by atoms with Crippen LogP contribution in [0.4, 0.5) is 5.69 Å². The lowest BCUT2D eigenvalue weighted by molar-refractivity contribution is 0.102. The van der Waals surface area contributed by atoms with E-state index in [1.54, 1.807) is 22.9 Å². The molecule has 1 amide bonds. The molecule has 0 fully saturated rings. The third-order valence-corrected chi connectivity index (χ3v) is 4.48. The molecule has 126 valence electrons. The second-order valence-corrected chi connectivity index (χ2v) is 6.09. The van der Waals surface area contributed by atoms with Crippen molar-refractivity contribution >= 4 is 28.3 Å². The van der Waals surface area contributed by atoms with E-state index in [1.165, 1.54) is 11.2 Å². The van der Waals surface area contributed by atoms with Crippen molar-refractivity contribution in [1.29, 1.82) is 0 Å². The maximum absolute atomic E-state index is 12.8. The number of nitrogens with one attached hydrogen (secondary N) is 1. The van der Waals surface area contributed by atoms with Crippen molar-refractivity contribution in [3.63, 3.8) is 0 Å². The van der Waals surface area contributed by atoms with Gasteiger partial charge in [0.2, 0.25) is 5.78 Å². The van der Waals surface area contributed by atoms with Gasteiger partial charge >= 0.3 is 0 Å². The molecule has 0 aliphatic rings. The van der Waals surface area contributed by atoms with Gasteiger partial charge in [-0.3, -0.25) is 9.20 Å². The van der Waals surface area contributed by atoms with Crippen LogP contribution in [0.2, 0.25) is 0 Å². The van der Waals surface area contributed by atoms with Crippen molar-refractivity contribution in [2.24, 2.45) is 0 Å². The zero-order valence-corrected chi connectivity index (χ0v) is 14.4. The largest absolute Gasteiger partial charge is 0.345 e. The first-order valence-electron chi connectivity index (χ1n) is 8.29. The van der Waals surface area contributed by atoms with Crippen LogP contribution < -0.4 is 5.32 Å². The van der Waals surface area contributed by atoms with E-state index in [0.29, 0.717) is 17.2 Å². The van der Waals surface area contributed by atoms with Gasteiger partial charge in [0.1, 0.15) is 5.69 Å². The van der Waals surface area contributed by atoms with Gasteiger partial charge in [-0.05, 0) is 51.1 Å². The van der Waals surface area contributed by atoms with Crippen LogP contribution in [0.15, 0.2) is 42.7 Å². The molecule has 1 aromatic carbocycles. The summed E-state index contributed by atoms with van der Waals surface area (Å²) in [6, 6.07) is 9.90. The summed E-state index contributed by atoms with van der Waals surface area (Å²) in [4.78, 5) is 21.3. The Balaban J connectivity index is 1.70. The molecule has 0 saturated heterocycles. The van der Waals surface area contributed by atoms with E-state index in [1.807, 2.05) is 25.1 Å². The van der Waals surface area contributed by atoms with Crippen molar-refractivity contribution in [3.05, 3.63) is 59.8 Å². The molecule has 0 spiro atoms. The number of aryl methyl sites for hydroxylation is 3. The fourth-order valence-corrected chi connectivity index (χ4v) is 3.37. The smallest absolute Gasteiger partial charge is 0.274 e. The van der Waals surface area contributed by atoms with Gasteiger partial charge in [-0.15, -0.1) is 0 Å². The van der Waals surface area contributed by atoms with E-state index >= 15 is 0 Å². The average molecular weight is 333 g/mol. The second-order valence-electron chi connectivity index (χ2n) is 6.09. The summed E-state index contributed by atoms with van der Waals surface area (Å²) in [5.74, 6) is 0.334. The molecule has 0 aliphatic heterocycles. The van der Waals surface area contributed by atoms with Crippen LogP contribution in [0, 0.1) is 13.8 Å². The monoisotopic (exact) mass is 333 g/mol. The van der Waals surface area contributed by atoms with Crippen LogP contribution in [-0.4, -0.2) is 24.8 Å². The molecule has 0 saturated carbocycles. The number of anilines is 1. The Morgan fingerprint density at radius 2 is 2.08 bits per heavy atom. The van der Waals surface area contributed by atoms with Crippen LogP contribution in [0.25, 0.3) is 16.7 Å². The quantitative estimate of drug-likeness (QED) is 0.623. The fourth-order valence-electron chi connectivity index (χ4n) is 3.37. The molecule has 4 aromatic rings. The maximum atomic E-state index is 12.8. The normalized spacial score (nSPS) is 11.3. The minimum Gasteiger partial charge on any atom is -0.345 e. The minimum atomic E-state index is -0.191. The molecule has 3 heterocycles. The topological polar surface area (TPSA) is 64.2 Å². The molecule has 0 bridgehead atoms. The van der Waals surface area contributed by atoms with E-state index in [4.69, 9.17) is 0 Å². The molecule has 0 radical (unpaired) electrons. The summed E-state index contributed by atoms with van der Waals surface area (Å²) >= 11 is 0. The number of nitrogens with zero attached hydrogens (tertiary/aromatic N) is 4. The predicted molar refractivity (Wildman–Crippen MR) is 98.0 cm³/mol. The van der Waals surface area contributed by atoms with Gasteiger partial charge in [0, 0.05) is 41.2 Å². The molecule has 0 atom stereocenters. The number of aromatic nitrogens is 4. The molecule has 25 heavy (non-hydrogen) atoms. The van der Waals surface area contributed by atoms with Gasteiger partial charge in [-0.1, -0.05) is 0 Å².